The predicted octanol–water partition coefficient (Wildman–Crippen LogP) is 1.47. The van der Waals surface area contributed by atoms with Crippen molar-refractivity contribution in [3.05, 3.63) is 21.1 Å². The zero-order chi connectivity index (χ0) is 10.3. The number of rotatable bonds is 1. The third-order valence-electron chi connectivity index (χ3n) is 1.93. The van der Waals surface area contributed by atoms with Crippen LogP contribution in [-0.4, -0.2) is 17.2 Å². The molecule has 0 saturated carbocycles. The summed E-state index contributed by atoms with van der Waals surface area (Å²) < 4.78 is 2.20. The third-order valence-corrected chi connectivity index (χ3v) is 4.78. The van der Waals surface area contributed by atoms with Crippen LogP contribution in [0.15, 0.2) is 22.4 Å². The monoisotopic (exact) mass is 336 g/mol. The van der Waals surface area contributed by atoms with E-state index in [-0.39, 0.29) is 0 Å². The van der Waals surface area contributed by atoms with Gasteiger partial charge in [0.05, 0.1) is 0 Å². The Kier molecular flexibility index (Phi) is 3.08. The molecule has 72 valence electrons. The molecule has 1 aromatic carbocycles. The van der Waals surface area contributed by atoms with Crippen LogP contribution in [0.25, 0.3) is 10.1 Å². The van der Waals surface area contributed by atoms with Gasteiger partial charge in [0.1, 0.15) is 0 Å². The fourth-order valence-corrected chi connectivity index (χ4v) is 3.50. The maximum absolute atomic E-state index is 9.06. The minimum absolute atomic E-state index is 0.485. The number of thiophene rings is 1. The fourth-order valence-electron chi connectivity index (χ4n) is 1.26. The van der Waals surface area contributed by atoms with E-state index in [0.29, 0.717) is 5.46 Å². The van der Waals surface area contributed by atoms with E-state index in [1.807, 2.05) is 5.38 Å². The van der Waals surface area contributed by atoms with Gasteiger partial charge < -0.3 is 10.0 Å². The Morgan fingerprint density at radius 3 is 2.71 bits per heavy atom. The van der Waals surface area contributed by atoms with Gasteiger partial charge in [0, 0.05) is 23.9 Å². The van der Waals surface area contributed by atoms with E-state index in [1.165, 1.54) is 0 Å². The zero-order valence-electron chi connectivity index (χ0n) is 6.94. The molecular weight excluding hydrogens is 330 g/mol. The van der Waals surface area contributed by atoms with Crippen molar-refractivity contribution < 1.29 is 10.0 Å². The maximum atomic E-state index is 9.06. The van der Waals surface area contributed by atoms with Crippen molar-refractivity contribution >= 4 is 69.2 Å². The van der Waals surface area contributed by atoms with Crippen LogP contribution in [0.2, 0.25) is 0 Å². The Morgan fingerprint density at radius 1 is 1.36 bits per heavy atom. The molecule has 2 aromatic rings. The van der Waals surface area contributed by atoms with Crippen molar-refractivity contribution in [2.45, 2.75) is 4.90 Å². The summed E-state index contributed by atoms with van der Waals surface area (Å²) in [6, 6.07) is 3.47. The zero-order valence-corrected chi connectivity index (χ0v) is 10.8. The molecule has 0 aliphatic rings. The molecule has 0 aliphatic heterocycles. The van der Waals surface area contributed by atoms with Gasteiger partial charge in [0.25, 0.3) is 0 Å². The molecule has 0 saturated heterocycles. The summed E-state index contributed by atoms with van der Waals surface area (Å²) in [5.74, 6) is 0. The highest BCUT2D eigenvalue weighted by Crippen LogP contribution is 2.31. The predicted molar refractivity (Wildman–Crippen MR) is 71.6 cm³/mol. The smallest absolute Gasteiger partial charge is 0.423 e. The Labute approximate surface area is 105 Å². The minimum atomic E-state index is -1.43. The van der Waals surface area contributed by atoms with Gasteiger partial charge in [0.15, 0.2) is 0 Å². The van der Waals surface area contributed by atoms with Gasteiger partial charge in [-0.2, -0.15) is 0 Å². The van der Waals surface area contributed by atoms with Gasteiger partial charge in [-0.05, 0) is 34.1 Å². The first kappa shape index (κ1) is 10.8. The van der Waals surface area contributed by atoms with Crippen LogP contribution in [0.4, 0.5) is 0 Å². The second-order valence-electron chi connectivity index (χ2n) is 2.87. The van der Waals surface area contributed by atoms with Gasteiger partial charge in [-0.1, -0.05) is 6.07 Å². The van der Waals surface area contributed by atoms with Gasteiger partial charge >= 0.3 is 7.12 Å². The highest BCUT2D eigenvalue weighted by atomic mass is 127. The highest BCUT2D eigenvalue weighted by molar-refractivity contribution is 14.1. The number of halogens is 1. The van der Waals surface area contributed by atoms with E-state index in [2.05, 4.69) is 35.2 Å². The first-order valence-electron chi connectivity index (χ1n) is 3.85. The summed E-state index contributed by atoms with van der Waals surface area (Å²) in [4.78, 5) is 0.790. The molecule has 2 rings (SSSR count). The summed E-state index contributed by atoms with van der Waals surface area (Å²) >= 11 is 8.15. The number of hydrogen-bond acceptors (Lipinski definition) is 4. The van der Waals surface area contributed by atoms with Crippen LogP contribution in [0.3, 0.4) is 0 Å². The lowest BCUT2D eigenvalue weighted by Gasteiger charge is -2.02. The summed E-state index contributed by atoms with van der Waals surface area (Å²) in [5, 5.41) is 21.2. The third kappa shape index (κ3) is 1.81. The van der Waals surface area contributed by atoms with E-state index in [1.54, 1.807) is 23.5 Å². The molecule has 0 atom stereocenters. The lowest BCUT2D eigenvalue weighted by atomic mass is 9.80. The molecule has 0 unspecified atom stereocenters. The Bertz CT molecular complexity index is 483. The molecule has 14 heavy (non-hydrogen) atoms. The van der Waals surface area contributed by atoms with Crippen LogP contribution >= 0.6 is 46.6 Å². The molecule has 0 aliphatic carbocycles. The highest BCUT2D eigenvalue weighted by Gasteiger charge is 2.14. The molecule has 0 amide bonds. The van der Waals surface area contributed by atoms with Crippen molar-refractivity contribution in [1.29, 1.82) is 0 Å². The molecule has 0 fully saturated rings. The largest absolute Gasteiger partial charge is 0.488 e. The molecule has 2 nitrogen and oxygen atoms in total. The number of benzene rings is 1. The molecular formula is C8H6BIO2S2. The van der Waals surface area contributed by atoms with E-state index < -0.39 is 7.12 Å². The SMILES string of the molecule is OB(O)c1cc(S)c2scc(I)c2c1. The first-order valence-corrected chi connectivity index (χ1v) is 6.26. The molecule has 0 bridgehead atoms. The van der Waals surface area contributed by atoms with Crippen LogP contribution < -0.4 is 5.46 Å². The first-order chi connectivity index (χ1) is 6.59. The van der Waals surface area contributed by atoms with E-state index >= 15 is 0 Å². The van der Waals surface area contributed by atoms with Crippen molar-refractivity contribution in [3.8, 4) is 0 Å². The van der Waals surface area contributed by atoms with Gasteiger partial charge in [-0.25, -0.2) is 0 Å². The lowest BCUT2D eigenvalue weighted by molar-refractivity contribution is 0.426. The van der Waals surface area contributed by atoms with Crippen LogP contribution in [0.5, 0.6) is 0 Å². The Hall–Kier alpha value is 0.245. The Morgan fingerprint density at radius 2 is 2.07 bits per heavy atom. The topological polar surface area (TPSA) is 40.5 Å². The standard InChI is InChI=1S/C8H6BIO2S2/c10-6-3-14-8-5(6)1-4(9(11)12)2-7(8)13/h1-3,11-13H. The normalized spacial score (nSPS) is 10.9. The second kappa shape index (κ2) is 4.01. The van der Waals surface area contributed by atoms with Crippen molar-refractivity contribution in [1.82, 2.24) is 0 Å². The molecule has 1 aromatic heterocycles. The summed E-state index contributed by atoms with van der Waals surface area (Å²) in [7, 11) is -1.43. The van der Waals surface area contributed by atoms with Crippen molar-refractivity contribution in [3.63, 3.8) is 0 Å². The second-order valence-corrected chi connectivity index (χ2v) is 5.40. The molecule has 0 spiro atoms. The van der Waals surface area contributed by atoms with Crippen molar-refractivity contribution in [2.75, 3.05) is 0 Å². The molecule has 6 heteroatoms. The fraction of sp³-hybridized carbons (Fsp3) is 0. The summed E-state index contributed by atoms with van der Waals surface area (Å²) in [6.45, 7) is 0. The number of thiol groups is 1. The minimum Gasteiger partial charge on any atom is -0.423 e. The summed E-state index contributed by atoms with van der Waals surface area (Å²) in [6.07, 6.45) is 0. The number of fused-ring (bicyclic) bond motifs is 1. The Balaban J connectivity index is 2.75. The van der Waals surface area contributed by atoms with E-state index in [0.717, 1.165) is 18.6 Å². The average Bonchev–Trinajstić information content (AvgIpc) is 2.48. The average molecular weight is 336 g/mol. The quantitative estimate of drug-likeness (QED) is 0.419. The van der Waals surface area contributed by atoms with Gasteiger partial charge in [-0.15, -0.1) is 24.0 Å². The van der Waals surface area contributed by atoms with E-state index in [9.17, 15) is 0 Å². The van der Waals surface area contributed by atoms with Crippen LogP contribution in [0, 0.1) is 3.57 Å². The van der Waals surface area contributed by atoms with Crippen LogP contribution in [-0.2, 0) is 0 Å². The number of hydrogen-bond donors (Lipinski definition) is 3. The van der Waals surface area contributed by atoms with Crippen molar-refractivity contribution in [2.24, 2.45) is 0 Å². The molecule has 0 radical (unpaired) electrons. The van der Waals surface area contributed by atoms with Crippen LogP contribution in [0.1, 0.15) is 0 Å². The molecule has 2 N–H and O–H groups in total. The van der Waals surface area contributed by atoms with E-state index in [4.69, 9.17) is 10.0 Å². The summed E-state index contributed by atoms with van der Waals surface area (Å²) in [5.41, 5.74) is 0.485. The lowest BCUT2D eigenvalue weighted by Crippen LogP contribution is -2.29. The van der Waals surface area contributed by atoms with Gasteiger partial charge in [0.2, 0.25) is 0 Å². The van der Waals surface area contributed by atoms with Gasteiger partial charge in [-0.3, -0.25) is 0 Å². The molecule has 1 heterocycles. The maximum Gasteiger partial charge on any atom is 0.488 e.